The van der Waals surface area contributed by atoms with E-state index in [0.29, 0.717) is 21.8 Å². The molecule has 0 bridgehead atoms. The Morgan fingerprint density at radius 1 is 1.00 bits per heavy atom. The third-order valence-electron chi connectivity index (χ3n) is 4.62. The summed E-state index contributed by atoms with van der Waals surface area (Å²) < 4.78 is 15.7. The molecule has 0 aliphatic heterocycles. The smallest absolute Gasteiger partial charge is 0.271 e. The molecule has 4 rings (SSSR count). The molecular weight excluding hydrogens is 377 g/mol. The molecule has 144 valence electrons. The summed E-state index contributed by atoms with van der Waals surface area (Å²) in [7, 11) is 0. The van der Waals surface area contributed by atoms with Gasteiger partial charge in [0.25, 0.3) is 5.69 Å². The van der Waals surface area contributed by atoms with Crippen LogP contribution in [0, 0.1) is 15.9 Å². The van der Waals surface area contributed by atoms with Gasteiger partial charge in [-0.15, -0.1) is 0 Å². The van der Waals surface area contributed by atoms with Gasteiger partial charge in [-0.05, 0) is 30.3 Å². The molecule has 1 aromatic heterocycles. The lowest BCUT2D eigenvalue weighted by molar-refractivity contribution is -0.384. The Bertz CT molecular complexity index is 1290. The average Bonchev–Trinajstić information content (AvgIpc) is 2.72. The van der Waals surface area contributed by atoms with Crippen molar-refractivity contribution in [2.24, 2.45) is 0 Å². The molecule has 8 heteroatoms. The first-order chi connectivity index (χ1) is 14.0. The van der Waals surface area contributed by atoms with Crippen molar-refractivity contribution in [2.45, 2.75) is 6.54 Å². The number of nitrogens with one attached hydrogen (secondary N) is 1. The summed E-state index contributed by atoms with van der Waals surface area (Å²) in [6.45, 7) is -0.205. The van der Waals surface area contributed by atoms with E-state index in [0.717, 1.165) is 18.2 Å². The highest BCUT2D eigenvalue weighted by molar-refractivity contribution is 5.97. The summed E-state index contributed by atoms with van der Waals surface area (Å²) in [5, 5.41) is 14.2. The van der Waals surface area contributed by atoms with Gasteiger partial charge >= 0.3 is 0 Å². The molecule has 7 nitrogen and oxygen atoms in total. The number of hydrogen-bond donors (Lipinski definition) is 1. The fourth-order valence-corrected chi connectivity index (χ4v) is 3.30. The van der Waals surface area contributed by atoms with Gasteiger partial charge in [-0.2, -0.15) is 0 Å². The molecule has 29 heavy (non-hydrogen) atoms. The van der Waals surface area contributed by atoms with Gasteiger partial charge in [0.1, 0.15) is 12.4 Å². The molecule has 0 fully saturated rings. The Balaban J connectivity index is 1.77. The number of benzene rings is 3. The number of aromatic nitrogens is 1. The summed E-state index contributed by atoms with van der Waals surface area (Å²) in [5.74, 6) is -1.36. The number of nitrogens with zero attached hydrogens (tertiary/aromatic N) is 2. The van der Waals surface area contributed by atoms with Crippen molar-refractivity contribution in [1.82, 2.24) is 4.57 Å². The molecule has 0 aliphatic rings. The zero-order valence-corrected chi connectivity index (χ0v) is 15.0. The van der Waals surface area contributed by atoms with Gasteiger partial charge in [-0.3, -0.25) is 19.7 Å². The Morgan fingerprint density at radius 2 is 1.59 bits per heavy atom. The van der Waals surface area contributed by atoms with Crippen molar-refractivity contribution in [2.75, 3.05) is 5.32 Å². The Labute approximate surface area is 163 Å². The molecule has 1 heterocycles. The number of anilines is 1. The SMILES string of the molecule is O=C(Cn1c2ccccc2c(=O)c2ccccc21)Nc1cc([N+](=O)[O-])ccc1F. The van der Waals surface area contributed by atoms with E-state index in [-0.39, 0.29) is 23.3 Å². The van der Waals surface area contributed by atoms with E-state index in [2.05, 4.69) is 5.32 Å². The molecule has 1 N–H and O–H groups in total. The van der Waals surface area contributed by atoms with E-state index in [1.165, 1.54) is 0 Å². The number of nitro benzene ring substituents is 1. The summed E-state index contributed by atoms with van der Waals surface area (Å²) in [6.07, 6.45) is 0. The average molecular weight is 391 g/mol. The number of hydrogen-bond acceptors (Lipinski definition) is 4. The predicted octanol–water partition coefficient (Wildman–Crippen LogP) is 3.84. The van der Waals surface area contributed by atoms with Crippen molar-refractivity contribution >= 4 is 39.1 Å². The Hall–Kier alpha value is -4.07. The fourth-order valence-electron chi connectivity index (χ4n) is 3.30. The van der Waals surface area contributed by atoms with Gasteiger partial charge in [0.15, 0.2) is 5.43 Å². The molecule has 4 aromatic rings. The number of para-hydroxylation sites is 2. The summed E-state index contributed by atoms with van der Waals surface area (Å²) in [4.78, 5) is 35.6. The van der Waals surface area contributed by atoms with Crippen LogP contribution < -0.4 is 10.7 Å². The first-order valence-corrected chi connectivity index (χ1v) is 8.70. The van der Waals surface area contributed by atoms with Gasteiger partial charge in [0, 0.05) is 22.9 Å². The number of amides is 1. The zero-order chi connectivity index (χ0) is 20.5. The van der Waals surface area contributed by atoms with Crippen LogP contribution in [-0.2, 0) is 11.3 Å². The Kier molecular flexibility index (Phi) is 4.52. The van der Waals surface area contributed by atoms with Crippen LogP contribution in [0.1, 0.15) is 0 Å². The second-order valence-electron chi connectivity index (χ2n) is 6.42. The molecule has 0 saturated carbocycles. The van der Waals surface area contributed by atoms with E-state index >= 15 is 0 Å². The van der Waals surface area contributed by atoms with Crippen LogP contribution in [0.4, 0.5) is 15.8 Å². The number of carbonyl (C=O) groups excluding carboxylic acids is 1. The van der Waals surface area contributed by atoms with Crippen LogP contribution in [0.25, 0.3) is 21.8 Å². The van der Waals surface area contributed by atoms with E-state index < -0.39 is 16.6 Å². The first kappa shape index (κ1) is 18.3. The highest BCUT2D eigenvalue weighted by Gasteiger charge is 2.16. The molecule has 1 amide bonds. The lowest BCUT2D eigenvalue weighted by Gasteiger charge is -2.15. The first-order valence-electron chi connectivity index (χ1n) is 8.70. The normalized spacial score (nSPS) is 10.9. The van der Waals surface area contributed by atoms with Crippen molar-refractivity contribution in [3.05, 3.63) is 92.9 Å². The predicted molar refractivity (Wildman–Crippen MR) is 107 cm³/mol. The molecule has 0 aliphatic carbocycles. The maximum absolute atomic E-state index is 14.0. The van der Waals surface area contributed by atoms with Crippen molar-refractivity contribution in [3.63, 3.8) is 0 Å². The van der Waals surface area contributed by atoms with E-state index in [1.54, 1.807) is 53.1 Å². The quantitative estimate of drug-likeness (QED) is 0.325. The third-order valence-corrected chi connectivity index (χ3v) is 4.62. The number of non-ortho nitro benzene ring substituents is 1. The summed E-state index contributed by atoms with van der Waals surface area (Å²) in [6, 6.07) is 16.7. The van der Waals surface area contributed by atoms with Gasteiger partial charge in [-0.1, -0.05) is 24.3 Å². The molecule has 0 spiro atoms. The molecular formula is C21H14FN3O4. The lowest BCUT2D eigenvalue weighted by Crippen LogP contribution is -2.22. The van der Waals surface area contributed by atoms with Gasteiger partial charge in [0.2, 0.25) is 5.91 Å². The molecule has 0 radical (unpaired) electrons. The van der Waals surface area contributed by atoms with Crippen LogP contribution >= 0.6 is 0 Å². The highest BCUT2D eigenvalue weighted by atomic mass is 19.1. The van der Waals surface area contributed by atoms with E-state index in [9.17, 15) is 24.1 Å². The summed E-state index contributed by atoms with van der Waals surface area (Å²) >= 11 is 0. The van der Waals surface area contributed by atoms with Crippen molar-refractivity contribution in [1.29, 1.82) is 0 Å². The number of carbonyl (C=O) groups is 1. The van der Waals surface area contributed by atoms with E-state index in [1.807, 2.05) is 0 Å². The number of nitro groups is 1. The second kappa shape index (κ2) is 7.16. The highest BCUT2D eigenvalue weighted by Crippen LogP contribution is 2.22. The lowest BCUT2D eigenvalue weighted by atomic mass is 10.1. The maximum atomic E-state index is 14.0. The van der Waals surface area contributed by atoms with Crippen LogP contribution in [0.15, 0.2) is 71.5 Å². The number of fused-ring (bicyclic) bond motifs is 2. The molecule has 0 atom stereocenters. The van der Waals surface area contributed by atoms with Gasteiger partial charge < -0.3 is 9.88 Å². The van der Waals surface area contributed by atoms with Crippen molar-refractivity contribution in [3.8, 4) is 0 Å². The monoisotopic (exact) mass is 391 g/mol. The molecule has 0 saturated heterocycles. The Morgan fingerprint density at radius 3 is 2.17 bits per heavy atom. The third kappa shape index (κ3) is 3.31. The topological polar surface area (TPSA) is 94.2 Å². The van der Waals surface area contributed by atoms with Crippen molar-refractivity contribution < 1.29 is 14.1 Å². The van der Waals surface area contributed by atoms with Crippen LogP contribution in [0.2, 0.25) is 0 Å². The van der Waals surface area contributed by atoms with E-state index in [4.69, 9.17) is 0 Å². The minimum Gasteiger partial charge on any atom is -0.331 e. The fraction of sp³-hybridized carbons (Fsp3) is 0.0476. The van der Waals surface area contributed by atoms with Crippen LogP contribution in [0.3, 0.4) is 0 Å². The largest absolute Gasteiger partial charge is 0.331 e. The second-order valence-corrected chi connectivity index (χ2v) is 6.42. The standard InChI is InChI=1S/C21H14FN3O4/c22-16-10-9-13(25(28)29)11-17(16)23-20(26)12-24-18-7-3-1-5-14(18)21(27)15-6-2-4-8-19(15)24/h1-11H,12H2,(H,23,26). The zero-order valence-electron chi connectivity index (χ0n) is 15.0. The summed E-state index contributed by atoms with van der Waals surface area (Å²) in [5.41, 5.74) is 0.370. The van der Waals surface area contributed by atoms with Gasteiger partial charge in [0.05, 0.1) is 21.6 Å². The molecule has 0 unspecified atom stereocenters. The van der Waals surface area contributed by atoms with Crippen LogP contribution in [-0.4, -0.2) is 15.4 Å². The number of rotatable bonds is 4. The maximum Gasteiger partial charge on any atom is 0.271 e. The van der Waals surface area contributed by atoms with Gasteiger partial charge in [-0.25, -0.2) is 4.39 Å². The molecule has 3 aromatic carbocycles. The number of halogens is 1. The minimum atomic E-state index is -0.779. The minimum absolute atomic E-state index is 0.141. The van der Waals surface area contributed by atoms with Crippen LogP contribution in [0.5, 0.6) is 0 Å². The number of pyridine rings is 1.